The Labute approximate surface area is 354 Å². The molecule has 1 amide bonds. The molecule has 0 aliphatic rings. The van der Waals surface area contributed by atoms with Gasteiger partial charge in [0.1, 0.15) is 13.2 Å². The number of quaternary nitrogens is 1. The highest BCUT2D eigenvalue weighted by molar-refractivity contribution is 7.47. The third kappa shape index (κ3) is 43.1. The quantitative estimate of drug-likeness (QED) is 0.0244. The predicted molar refractivity (Wildman–Crippen MR) is 245 cm³/mol. The Morgan fingerprint density at radius 1 is 0.579 bits per heavy atom. The largest absolute Gasteiger partial charge is 0.472 e. The zero-order valence-corrected chi connectivity index (χ0v) is 39.5. The van der Waals surface area contributed by atoms with E-state index in [9.17, 15) is 19.4 Å². The average molecular weight is 830 g/mol. The average Bonchev–Trinajstić information content (AvgIpc) is 3.16. The highest BCUT2D eigenvalue weighted by atomic mass is 31.2. The van der Waals surface area contributed by atoms with Crippen LogP contribution in [0.3, 0.4) is 0 Å². The molecule has 0 saturated carbocycles. The molecule has 3 unspecified atom stereocenters. The molecule has 0 fully saturated rings. The number of hydrogen-bond donors (Lipinski definition) is 3. The second kappa shape index (κ2) is 40.6. The summed E-state index contributed by atoms with van der Waals surface area (Å²) >= 11 is 0. The number of nitrogens with zero attached hydrogens (tertiary/aromatic N) is 1. The number of nitrogens with one attached hydrogen (secondary N) is 1. The van der Waals surface area contributed by atoms with E-state index in [1.165, 1.54) is 180 Å². The zero-order chi connectivity index (χ0) is 42.1. The first-order chi connectivity index (χ1) is 27.5. The fraction of sp³-hybridized carbons (Fsp3) is 0.938. The summed E-state index contributed by atoms with van der Waals surface area (Å²) in [6, 6.07) is -0.837. The number of unbranched alkanes of at least 4 members (excludes halogenated alkanes) is 32. The van der Waals surface area contributed by atoms with Crippen LogP contribution in [0.2, 0.25) is 0 Å². The second-order valence-electron chi connectivity index (χ2n) is 18.2. The topological polar surface area (TPSA) is 105 Å². The van der Waals surface area contributed by atoms with Crippen LogP contribution in [-0.4, -0.2) is 73.4 Å². The molecular formula is C48H98N2O6P+. The van der Waals surface area contributed by atoms with Crippen molar-refractivity contribution in [2.24, 2.45) is 0 Å². The summed E-state index contributed by atoms with van der Waals surface area (Å²) in [6.45, 7) is 4.71. The lowest BCUT2D eigenvalue weighted by atomic mass is 10.0. The van der Waals surface area contributed by atoms with Crippen molar-refractivity contribution in [3.8, 4) is 0 Å². The molecule has 0 radical (unpaired) electrons. The molecule has 0 rings (SSSR count). The number of amides is 1. The van der Waals surface area contributed by atoms with E-state index < -0.39 is 20.0 Å². The smallest absolute Gasteiger partial charge is 0.387 e. The summed E-state index contributed by atoms with van der Waals surface area (Å²) in [6.07, 6.45) is 48.1. The lowest BCUT2D eigenvalue weighted by Gasteiger charge is -2.25. The number of aliphatic hydroxyl groups is 1. The van der Waals surface area contributed by atoms with Crippen molar-refractivity contribution in [1.29, 1.82) is 0 Å². The summed E-state index contributed by atoms with van der Waals surface area (Å²) in [5, 5.41) is 13.7. The van der Waals surface area contributed by atoms with Gasteiger partial charge in [-0.1, -0.05) is 225 Å². The molecule has 0 aromatic heterocycles. The van der Waals surface area contributed by atoms with Crippen molar-refractivity contribution in [3.63, 3.8) is 0 Å². The Morgan fingerprint density at radius 2 is 0.930 bits per heavy atom. The summed E-state index contributed by atoms with van der Waals surface area (Å²) in [5.41, 5.74) is 0. The van der Waals surface area contributed by atoms with Crippen molar-refractivity contribution in [1.82, 2.24) is 5.32 Å². The molecule has 0 aliphatic carbocycles. The number of phosphoric acid groups is 1. The number of carbonyl (C=O) groups excluding carboxylic acids is 1. The van der Waals surface area contributed by atoms with E-state index in [0.717, 1.165) is 38.5 Å². The minimum Gasteiger partial charge on any atom is -0.387 e. The molecule has 3 atom stereocenters. The Bertz CT molecular complexity index is 942. The molecule has 3 N–H and O–H groups in total. The number of carbonyl (C=O) groups is 1. The molecular weight excluding hydrogens is 732 g/mol. The highest BCUT2D eigenvalue weighted by Gasteiger charge is 2.27. The van der Waals surface area contributed by atoms with Gasteiger partial charge < -0.3 is 19.8 Å². The fourth-order valence-electron chi connectivity index (χ4n) is 7.34. The SMILES string of the molecule is CCCCCCCCCCCCCCCCCCCCCCCCCCCCCCC/C=C/C(O)C(COP(=O)(O)OCC[N+](C)(C)C)NC(=O)CCCCCC. The van der Waals surface area contributed by atoms with E-state index in [4.69, 9.17) is 9.05 Å². The lowest BCUT2D eigenvalue weighted by molar-refractivity contribution is -0.870. The van der Waals surface area contributed by atoms with Gasteiger partial charge in [0.05, 0.1) is 39.9 Å². The van der Waals surface area contributed by atoms with Gasteiger partial charge in [-0.2, -0.15) is 0 Å². The van der Waals surface area contributed by atoms with Gasteiger partial charge in [0.15, 0.2) is 0 Å². The molecule has 340 valence electrons. The van der Waals surface area contributed by atoms with Gasteiger partial charge in [-0.15, -0.1) is 0 Å². The van der Waals surface area contributed by atoms with Gasteiger partial charge >= 0.3 is 7.82 Å². The first kappa shape index (κ1) is 56.2. The summed E-state index contributed by atoms with van der Waals surface area (Å²) in [7, 11) is 1.58. The third-order valence-corrected chi connectivity index (χ3v) is 12.2. The van der Waals surface area contributed by atoms with Crippen molar-refractivity contribution in [2.45, 2.75) is 251 Å². The van der Waals surface area contributed by atoms with Crippen LogP contribution in [0.15, 0.2) is 12.2 Å². The number of rotatable bonds is 45. The minimum atomic E-state index is -4.32. The fourth-order valence-corrected chi connectivity index (χ4v) is 8.07. The van der Waals surface area contributed by atoms with Gasteiger partial charge in [0, 0.05) is 6.42 Å². The molecule has 0 aromatic rings. The van der Waals surface area contributed by atoms with Crippen LogP contribution in [-0.2, 0) is 18.4 Å². The number of likely N-dealkylation sites (N-methyl/N-ethyl adjacent to an activating group) is 1. The van der Waals surface area contributed by atoms with Gasteiger partial charge in [-0.25, -0.2) is 4.57 Å². The van der Waals surface area contributed by atoms with Crippen LogP contribution in [0.5, 0.6) is 0 Å². The summed E-state index contributed by atoms with van der Waals surface area (Å²) < 4.78 is 23.4. The maximum Gasteiger partial charge on any atom is 0.472 e. The number of phosphoric ester groups is 1. The number of allylic oxidation sites excluding steroid dienone is 1. The van der Waals surface area contributed by atoms with Gasteiger partial charge in [-0.3, -0.25) is 13.8 Å². The van der Waals surface area contributed by atoms with Crippen molar-refractivity contribution < 1.29 is 32.9 Å². The van der Waals surface area contributed by atoms with Crippen LogP contribution >= 0.6 is 7.82 Å². The maximum absolute atomic E-state index is 12.6. The van der Waals surface area contributed by atoms with Crippen LogP contribution in [0, 0.1) is 0 Å². The third-order valence-electron chi connectivity index (χ3n) is 11.3. The van der Waals surface area contributed by atoms with E-state index in [-0.39, 0.29) is 19.1 Å². The van der Waals surface area contributed by atoms with E-state index >= 15 is 0 Å². The monoisotopic (exact) mass is 830 g/mol. The predicted octanol–water partition coefficient (Wildman–Crippen LogP) is 13.9. The van der Waals surface area contributed by atoms with Crippen LogP contribution < -0.4 is 5.32 Å². The molecule has 0 bridgehead atoms. The van der Waals surface area contributed by atoms with E-state index in [2.05, 4.69) is 19.2 Å². The number of hydrogen-bond acceptors (Lipinski definition) is 5. The van der Waals surface area contributed by atoms with E-state index in [0.29, 0.717) is 17.4 Å². The minimum absolute atomic E-state index is 0.0634. The summed E-state index contributed by atoms with van der Waals surface area (Å²) in [4.78, 5) is 22.7. The Hall–Kier alpha value is -0.760. The first-order valence-corrected chi connectivity index (χ1v) is 26.1. The van der Waals surface area contributed by atoms with Crippen molar-refractivity contribution >= 4 is 13.7 Å². The van der Waals surface area contributed by atoms with Crippen LogP contribution in [0.25, 0.3) is 0 Å². The Morgan fingerprint density at radius 3 is 1.30 bits per heavy atom. The lowest BCUT2D eigenvalue weighted by Crippen LogP contribution is -2.45. The molecule has 8 nitrogen and oxygen atoms in total. The van der Waals surface area contributed by atoms with Gasteiger partial charge in [-0.05, 0) is 19.3 Å². The van der Waals surface area contributed by atoms with Gasteiger partial charge in [0.25, 0.3) is 0 Å². The van der Waals surface area contributed by atoms with Crippen molar-refractivity contribution in [2.75, 3.05) is 40.9 Å². The van der Waals surface area contributed by atoms with Gasteiger partial charge in [0.2, 0.25) is 5.91 Å². The normalized spacial score (nSPS) is 14.3. The van der Waals surface area contributed by atoms with Crippen LogP contribution in [0.1, 0.15) is 239 Å². The molecule has 0 aromatic carbocycles. The zero-order valence-electron chi connectivity index (χ0n) is 38.6. The van der Waals surface area contributed by atoms with Crippen molar-refractivity contribution in [3.05, 3.63) is 12.2 Å². The standard InChI is InChI=1S/C48H97N2O6P/c1-6-8-10-12-13-14-15-16-17-18-19-20-21-22-23-24-25-26-27-28-29-30-31-32-33-34-35-36-37-38-39-41-47(51)46(49-48(52)42-40-11-9-7-2)45-56-57(53,54)55-44-43-50(3,4)5/h39,41,46-47,51H,6-38,40,42-45H2,1-5H3,(H-,49,52,53,54)/p+1/b41-39+. The molecule has 0 spiro atoms. The first-order valence-electron chi connectivity index (χ1n) is 24.6. The molecule has 9 heteroatoms. The Kier molecular flexibility index (Phi) is 40.1. The molecule has 0 aliphatic heterocycles. The maximum atomic E-state index is 12.6. The second-order valence-corrected chi connectivity index (χ2v) is 19.7. The molecule has 0 heterocycles. The summed E-state index contributed by atoms with van der Waals surface area (Å²) in [5.74, 6) is -0.193. The van der Waals surface area contributed by atoms with E-state index in [1.54, 1.807) is 6.08 Å². The van der Waals surface area contributed by atoms with Crippen LogP contribution in [0.4, 0.5) is 0 Å². The van der Waals surface area contributed by atoms with E-state index in [1.807, 2.05) is 27.2 Å². The molecule has 0 saturated heterocycles. The molecule has 57 heavy (non-hydrogen) atoms. The number of aliphatic hydroxyl groups excluding tert-OH is 1. The Balaban J connectivity index is 3.83. The highest BCUT2D eigenvalue weighted by Crippen LogP contribution is 2.43.